The summed E-state index contributed by atoms with van der Waals surface area (Å²) in [7, 11) is 0. The minimum Gasteiger partial charge on any atom is -0.384 e. The van der Waals surface area contributed by atoms with Crippen LogP contribution in [0.3, 0.4) is 0 Å². The van der Waals surface area contributed by atoms with Gasteiger partial charge in [-0.05, 0) is 52.0 Å². The van der Waals surface area contributed by atoms with Crippen LogP contribution in [0.4, 0.5) is 0 Å². The molecule has 2 aromatic heterocycles. The van der Waals surface area contributed by atoms with Crippen LogP contribution in [-0.2, 0) is 0 Å². The third-order valence-corrected chi connectivity index (χ3v) is 4.86. The molecule has 1 atom stereocenters. The number of aryl methyl sites for hydroxylation is 1. The molecule has 0 fully saturated rings. The number of aliphatic hydroxyl groups is 1. The fourth-order valence-corrected chi connectivity index (χ4v) is 3.61. The Morgan fingerprint density at radius 3 is 2.79 bits per heavy atom. The smallest absolute Gasteiger partial charge is 0.106 e. The van der Waals surface area contributed by atoms with Crippen molar-refractivity contribution in [2.75, 3.05) is 0 Å². The summed E-state index contributed by atoms with van der Waals surface area (Å²) in [5.74, 6) is 0. The largest absolute Gasteiger partial charge is 0.384 e. The molecule has 0 amide bonds. The summed E-state index contributed by atoms with van der Waals surface area (Å²) in [6.45, 7) is 1.98. The summed E-state index contributed by atoms with van der Waals surface area (Å²) in [5, 5.41) is 15.4. The van der Waals surface area contributed by atoms with E-state index in [1.165, 1.54) is 0 Å². The quantitative estimate of drug-likeness (QED) is 0.751. The van der Waals surface area contributed by atoms with Crippen LogP contribution in [0.2, 0.25) is 0 Å². The third kappa shape index (κ3) is 2.43. The average molecular weight is 334 g/mol. The maximum Gasteiger partial charge on any atom is 0.106 e. The van der Waals surface area contributed by atoms with E-state index in [0.29, 0.717) is 0 Å². The summed E-state index contributed by atoms with van der Waals surface area (Å²) < 4.78 is 0.951. The predicted molar refractivity (Wildman–Crippen MR) is 82.6 cm³/mol. The van der Waals surface area contributed by atoms with Crippen molar-refractivity contribution in [3.63, 3.8) is 0 Å². The minimum atomic E-state index is -0.605. The van der Waals surface area contributed by atoms with Gasteiger partial charge < -0.3 is 5.11 Å². The molecule has 1 aromatic carbocycles. The number of halogens is 1. The SMILES string of the molecule is Cc1ccc2cc(C(O)c3cscc3Br)ccc2n1. The Balaban J connectivity index is 2.06. The van der Waals surface area contributed by atoms with Gasteiger partial charge in [-0.1, -0.05) is 12.1 Å². The van der Waals surface area contributed by atoms with Crippen LogP contribution in [-0.4, -0.2) is 10.1 Å². The van der Waals surface area contributed by atoms with Crippen molar-refractivity contribution in [2.24, 2.45) is 0 Å². The van der Waals surface area contributed by atoms with Crippen molar-refractivity contribution in [3.05, 3.63) is 62.4 Å². The number of aromatic nitrogens is 1. The molecular formula is C15H12BrNOS. The van der Waals surface area contributed by atoms with Crippen LogP contribution >= 0.6 is 27.3 Å². The van der Waals surface area contributed by atoms with E-state index >= 15 is 0 Å². The molecule has 0 spiro atoms. The first kappa shape index (κ1) is 12.8. The van der Waals surface area contributed by atoms with Crippen LogP contribution in [0.5, 0.6) is 0 Å². The number of rotatable bonds is 2. The fourth-order valence-electron chi connectivity index (χ4n) is 2.08. The number of nitrogens with zero attached hydrogens (tertiary/aromatic N) is 1. The van der Waals surface area contributed by atoms with Gasteiger partial charge in [0.2, 0.25) is 0 Å². The van der Waals surface area contributed by atoms with Gasteiger partial charge in [-0.15, -0.1) is 0 Å². The Hall–Kier alpha value is -1.23. The van der Waals surface area contributed by atoms with E-state index in [9.17, 15) is 5.11 Å². The number of hydrogen-bond acceptors (Lipinski definition) is 3. The van der Waals surface area contributed by atoms with Crippen molar-refractivity contribution in [1.29, 1.82) is 0 Å². The number of aliphatic hydroxyl groups excluding tert-OH is 1. The van der Waals surface area contributed by atoms with E-state index in [1.54, 1.807) is 11.3 Å². The Kier molecular flexibility index (Phi) is 3.39. The van der Waals surface area contributed by atoms with Gasteiger partial charge in [0.05, 0.1) is 5.52 Å². The average Bonchev–Trinajstić information content (AvgIpc) is 2.83. The molecular weight excluding hydrogens is 322 g/mol. The van der Waals surface area contributed by atoms with Crippen LogP contribution in [0.25, 0.3) is 10.9 Å². The first-order valence-electron chi connectivity index (χ1n) is 5.92. The molecule has 96 valence electrons. The normalized spacial score (nSPS) is 12.8. The predicted octanol–water partition coefficient (Wildman–Crippen LogP) is 4.45. The third-order valence-electron chi connectivity index (χ3n) is 3.11. The van der Waals surface area contributed by atoms with Crippen molar-refractivity contribution in [1.82, 2.24) is 4.98 Å². The highest BCUT2D eigenvalue weighted by Crippen LogP contribution is 2.32. The van der Waals surface area contributed by atoms with Gasteiger partial charge in [0, 0.05) is 26.5 Å². The Morgan fingerprint density at radius 2 is 2.05 bits per heavy atom. The van der Waals surface area contributed by atoms with Gasteiger partial charge in [-0.3, -0.25) is 4.98 Å². The Labute approximate surface area is 123 Å². The second-order valence-electron chi connectivity index (χ2n) is 4.48. The molecule has 0 aliphatic rings. The van der Waals surface area contributed by atoms with Gasteiger partial charge >= 0.3 is 0 Å². The first-order valence-corrected chi connectivity index (χ1v) is 7.66. The lowest BCUT2D eigenvalue weighted by Gasteiger charge is -2.11. The van der Waals surface area contributed by atoms with Crippen molar-refractivity contribution < 1.29 is 5.11 Å². The number of benzene rings is 1. The van der Waals surface area contributed by atoms with E-state index < -0.39 is 6.10 Å². The summed E-state index contributed by atoms with van der Waals surface area (Å²) in [4.78, 5) is 4.47. The highest BCUT2D eigenvalue weighted by atomic mass is 79.9. The van der Waals surface area contributed by atoms with Gasteiger partial charge in [0.25, 0.3) is 0 Å². The second kappa shape index (κ2) is 5.04. The maximum absolute atomic E-state index is 10.4. The zero-order chi connectivity index (χ0) is 13.4. The summed E-state index contributed by atoms with van der Waals surface area (Å²) >= 11 is 5.04. The molecule has 0 aliphatic heterocycles. The lowest BCUT2D eigenvalue weighted by Crippen LogP contribution is -1.99. The van der Waals surface area contributed by atoms with Gasteiger partial charge in [-0.25, -0.2) is 0 Å². The highest BCUT2D eigenvalue weighted by Gasteiger charge is 2.14. The van der Waals surface area contributed by atoms with Crippen molar-refractivity contribution in [2.45, 2.75) is 13.0 Å². The zero-order valence-electron chi connectivity index (χ0n) is 10.3. The Bertz CT molecular complexity index is 738. The summed E-state index contributed by atoms with van der Waals surface area (Å²) in [6.07, 6.45) is -0.605. The number of thiophene rings is 1. The van der Waals surface area contributed by atoms with Crippen molar-refractivity contribution >= 4 is 38.2 Å². The second-order valence-corrected chi connectivity index (χ2v) is 6.08. The summed E-state index contributed by atoms with van der Waals surface area (Å²) in [6, 6.07) is 9.91. The summed E-state index contributed by atoms with van der Waals surface area (Å²) in [5.41, 5.74) is 3.75. The molecule has 2 nitrogen and oxygen atoms in total. The molecule has 4 heteroatoms. The topological polar surface area (TPSA) is 33.1 Å². The molecule has 0 saturated carbocycles. The van der Waals surface area contributed by atoms with Crippen molar-refractivity contribution in [3.8, 4) is 0 Å². The van der Waals surface area contributed by atoms with Gasteiger partial charge in [0.1, 0.15) is 6.10 Å². The van der Waals surface area contributed by atoms with E-state index in [1.807, 2.05) is 48.0 Å². The number of fused-ring (bicyclic) bond motifs is 1. The van der Waals surface area contributed by atoms with Gasteiger partial charge in [0.15, 0.2) is 0 Å². The number of hydrogen-bond donors (Lipinski definition) is 1. The fraction of sp³-hybridized carbons (Fsp3) is 0.133. The van der Waals surface area contributed by atoms with E-state index in [-0.39, 0.29) is 0 Å². The van der Waals surface area contributed by atoms with Gasteiger partial charge in [-0.2, -0.15) is 11.3 Å². The molecule has 0 saturated heterocycles. The highest BCUT2D eigenvalue weighted by molar-refractivity contribution is 9.10. The molecule has 1 N–H and O–H groups in total. The minimum absolute atomic E-state index is 0.605. The molecule has 3 rings (SSSR count). The molecule has 0 aliphatic carbocycles. The van der Waals surface area contributed by atoms with E-state index in [0.717, 1.165) is 32.2 Å². The Morgan fingerprint density at radius 1 is 1.21 bits per heavy atom. The molecule has 19 heavy (non-hydrogen) atoms. The molecule has 0 bridgehead atoms. The van der Waals surface area contributed by atoms with Crippen LogP contribution in [0.15, 0.2) is 45.6 Å². The lowest BCUT2D eigenvalue weighted by molar-refractivity contribution is 0.220. The van der Waals surface area contributed by atoms with Crippen LogP contribution < -0.4 is 0 Å². The molecule has 3 aromatic rings. The first-order chi connectivity index (χ1) is 9.15. The zero-order valence-corrected chi connectivity index (χ0v) is 12.7. The number of pyridine rings is 1. The maximum atomic E-state index is 10.4. The molecule has 1 unspecified atom stereocenters. The molecule has 2 heterocycles. The van der Waals surface area contributed by atoms with Crippen LogP contribution in [0.1, 0.15) is 22.9 Å². The molecule has 0 radical (unpaired) electrons. The monoisotopic (exact) mass is 333 g/mol. The standard InChI is InChI=1S/C15H12BrNOS/c1-9-2-3-10-6-11(4-5-14(10)17-9)15(18)12-7-19-8-13(12)16/h2-8,15,18H,1H3. The lowest BCUT2D eigenvalue weighted by atomic mass is 10.0. The van der Waals surface area contributed by atoms with E-state index in [4.69, 9.17) is 0 Å². The van der Waals surface area contributed by atoms with Crippen LogP contribution in [0, 0.1) is 6.92 Å². The van der Waals surface area contributed by atoms with E-state index in [2.05, 4.69) is 20.9 Å².